The molecule has 0 bridgehead atoms. The number of carbonyl (C=O) groups is 1. The number of ether oxygens (including phenoxy) is 1. The third kappa shape index (κ3) is 5.77. The monoisotopic (exact) mass is 444 g/mol. The Labute approximate surface area is 186 Å². The van der Waals surface area contributed by atoms with E-state index in [9.17, 15) is 4.79 Å². The summed E-state index contributed by atoms with van der Waals surface area (Å²) >= 11 is 7.55. The Hall–Kier alpha value is -2.51. The molecule has 1 unspecified atom stereocenters. The Morgan fingerprint density at radius 3 is 2.47 bits per heavy atom. The van der Waals surface area contributed by atoms with Crippen molar-refractivity contribution < 1.29 is 9.53 Å². The largest absolute Gasteiger partial charge is 0.484 e. The number of nitrogens with zero attached hydrogens (tertiary/aromatic N) is 3. The van der Waals surface area contributed by atoms with Gasteiger partial charge in [0.25, 0.3) is 0 Å². The molecule has 0 radical (unpaired) electrons. The molecule has 1 N–H and O–H groups in total. The average molecular weight is 445 g/mol. The van der Waals surface area contributed by atoms with Crippen molar-refractivity contribution in [3.05, 3.63) is 65.4 Å². The number of para-hydroxylation sites is 2. The van der Waals surface area contributed by atoms with E-state index < -0.39 is 0 Å². The van der Waals surface area contributed by atoms with E-state index in [-0.39, 0.29) is 23.3 Å². The molecule has 0 fully saturated rings. The molecule has 2 aromatic carbocycles. The molecular weight excluding hydrogens is 420 g/mol. The van der Waals surface area contributed by atoms with E-state index in [0.717, 1.165) is 5.69 Å². The summed E-state index contributed by atoms with van der Waals surface area (Å²) < 4.78 is 7.78. The Kier molecular flexibility index (Phi) is 7.05. The van der Waals surface area contributed by atoms with Crippen LogP contribution in [0.15, 0.2) is 59.8 Å². The zero-order chi connectivity index (χ0) is 21.7. The average Bonchev–Trinajstić information content (AvgIpc) is 3.09. The minimum atomic E-state index is -0.340. The Bertz CT molecular complexity index is 1000. The number of nitrogens with one attached hydrogen (secondary N) is 1. The van der Waals surface area contributed by atoms with Gasteiger partial charge in [0.05, 0.1) is 10.3 Å². The molecule has 0 aliphatic heterocycles. The molecule has 158 valence electrons. The number of hydrogen-bond acceptors (Lipinski definition) is 5. The molecule has 30 heavy (non-hydrogen) atoms. The van der Waals surface area contributed by atoms with Crippen LogP contribution in [0.2, 0.25) is 5.02 Å². The van der Waals surface area contributed by atoms with Gasteiger partial charge in [0.1, 0.15) is 12.4 Å². The van der Waals surface area contributed by atoms with Gasteiger partial charge < -0.3 is 10.1 Å². The fraction of sp³-hybridized carbons (Fsp3) is 0.318. The summed E-state index contributed by atoms with van der Waals surface area (Å²) in [4.78, 5) is 12.5. The summed E-state index contributed by atoms with van der Waals surface area (Å²) in [6.45, 7) is 7.92. The van der Waals surface area contributed by atoms with E-state index in [1.54, 1.807) is 12.1 Å². The molecule has 0 aliphatic rings. The third-order valence-corrected chi connectivity index (χ3v) is 5.41. The van der Waals surface area contributed by atoms with Crippen molar-refractivity contribution in [3.63, 3.8) is 0 Å². The molecule has 3 aromatic rings. The predicted molar refractivity (Wildman–Crippen MR) is 120 cm³/mol. The van der Waals surface area contributed by atoms with Crippen LogP contribution >= 0.6 is 23.4 Å². The van der Waals surface area contributed by atoms with Gasteiger partial charge in [-0.3, -0.25) is 9.36 Å². The second-order valence-electron chi connectivity index (χ2n) is 7.79. The molecular formula is C22H25ClN4O2S. The van der Waals surface area contributed by atoms with E-state index in [1.807, 2.05) is 74.7 Å². The third-order valence-electron chi connectivity index (χ3n) is 4.06. The van der Waals surface area contributed by atoms with E-state index in [0.29, 0.717) is 21.8 Å². The summed E-state index contributed by atoms with van der Waals surface area (Å²) in [7, 11) is 0. The van der Waals surface area contributed by atoms with Gasteiger partial charge in [-0.1, -0.05) is 53.7 Å². The zero-order valence-corrected chi connectivity index (χ0v) is 19.0. The van der Waals surface area contributed by atoms with Crippen LogP contribution in [0.1, 0.15) is 33.5 Å². The minimum absolute atomic E-state index is 0.0519. The number of hydrogen-bond donors (Lipinski definition) is 1. The SMILES string of the molecule is CC(Sc1nnc(COc2ccccc2Cl)n1-c1ccccc1)C(=O)NC(C)(C)C. The lowest BCUT2D eigenvalue weighted by atomic mass is 10.1. The Morgan fingerprint density at radius 2 is 1.80 bits per heavy atom. The molecule has 6 nitrogen and oxygen atoms in total. The summed E-state index contributed by atoms with van der Waals surface area (Å²) in [6, 6.07) is 17.0. The van der Waals surface area contributed by atoms with Crippen LogP contribution in [0.5, 0.6) is 5.75 Å². The van der Waals surface area contributed by atoms with Crippen molar-refractivity contribution >= 4 is 29.3 Å². The first-order valence-corrected chi connectivity index (χ1v) is 10.9. The molecule has 3 rings (SSSR count). The molecule has 8 heteroatoms. The topological polar surface area (TPSA) is 69.0 Å². The number of benzene rings is 2. The minimum Gasteiger partial charge on any atom is -0.484 e. The number of carbonyl (C=O) groups excluding carboxylic acids is 1. The van der Waals surface area contributed by atoms with E-state index in [1.165, 1.54) is 11.8 Å². The second-order valence-corrected chi connectivity index (χ2v) is 9.50. The van der Waals surface area contributed by atoms with Crippen LogP contribution in [0.4, 0.5) is 0 Å². The van der Waals surface area contributed by atoms with Crippen molar-refractivity contribution in [2.45, 2.75) is 50.2 Å². The summed E-state index contributed by atoms with van der Waals surface area (Å²) in [5.74, 6) is 1.14. The fourth-order valence-corrected chi connectivity index (χ4v) is 3.77. The number of rotatable bonds is 7. The number of halogens is 1. The summed E-state index contributed by atoms with van der Waals surface area (Å²) in [5, 5.41) is 12.5. The maximum absolute atomic E-state index is 12.5. The highest BCUT2D eigenvalue weighted by Gasteiger charge is 2.24. The van der Waals surface area contributed by atoms with Crippen LogP contribution in [-0.4, -0.2) is 31.5 Å². The predicted octanol–water partition coefficient (Wildman–Crippen LogP) is 4.90. The van der Waals surface area contributed by atoms with Crippen LogP contribution < -0.4 is 10.1 Å². The summed E-state index contributed by atoms with van der Waals surface area (Å²) in [5.41, 5.74) is 0.596. The maximum Gasteiger partial charge on any atom is 0.233 e. The van der Waals surface area contributed by atoms with Gasteiger partial charge in [-0.05, 0) is 52.0 Å². The second kappa shape index (κ2) is 9.53. The van der Waals surface area contributed by atoms with Crippen LogP contribution in [0.3, 0.4) is 0 Å². The quantitative estimate of drug-likeness (QED) is 0.525. The van der Waals surface area contributed by atoms with Crippen LogP contribution in [0.25, 0.3) is 5.69 Å². The van der Waals surface area contributed by atoms with Crippen molar-refractivity contribution in [2.75, 3.05) is 0 Å². The lowest BCUT2D eigenvalue weighted by Crippen LogP contribution is -2.44. The first kappa shape index (κ1) is 22.2. The van der Waals surface area contributed by atoms with Crippen molar-refractivity contribution in [1.29, 1.82) is 0 Å². The lowest BCUT2D eigenvalue weighted by Gasteiger charge is -2.23. The first-order valence-electron chi connectivity index (χ1n) is 9.60. The van der Waals surface area contributed by atoms with Crippen molar-refractivity contribution in [3.8, 4) is 11.4 Å². The Balaban J connectivity index is 1.85. The molecule has 0 saturated heterocycles. The maximum atomic E-state index is 12.5. The number of thioether (sulfide) groups is 1. The summed E-state index contributed by atoms with van der Waals surface area (Å²) in [6.07, 6.45) is 0. The molecule has 0 spiro atoms. The number of aromatic nitrogens is 3. The van der Waals surface area contributed by atoms with Gasteiger partial charge in [0.2, 0.25) is 5.91 Å². The van der Waals surface area contributed by atoms with E-state index in [2.05, 4.69) is 15.5 Å². The van der Waals surface area contributed by atoms with E-state index >= 15 is 0 Å². The van der Waals surface area contributed by atoms with Crippen molar-refractivity contribution in [1.82, 2.24) is 20.1 Å². The number of amides is 1. The first-order chi connectivity index (χ1) is 14.2. The molecule has 1 heterocycles. The fourth-order valence-electron chi connectivity index (χ4n) is 2.69. The van der Waals surface area contributed by atoms with Gasteiger partial charge in [-0.25, -0.2) is 0 Å². The van der Waals surface area contributed by atoms with Gasteiger partial charge in [-0.2, -0.15) is 0 Å². The van der Waals surface area contributed by atoms with Gasteiger partial charge >= 0.3 is 0 Å². The lowest BCUT2D eigenvalue weighted by molar-refractivity contribution is -0.121. The van der Waals surface area contributed by atoms with Gasteiger partial charge in [0, 0.05) is 11.2 Å². The van der Waals surface area contributed by atoms with Gasteiger partial charge in [-0.15, -0.1) is 10.2 Å². The molecule has 1 amide bonds. The van der Waals surface area contributed by atoms with Crippen LogP contribution in [-0.2, 0) is 11.4 Å². The highest BCUT2D eigenvalue weighted by molar-refractivity contribution is 8.00. The normalized spacial score (nSPS) is 12.4. The smallest absolute Gasteiger partial charge is 0.233 e. The molecule has 0 saturated carbocycles. The molecule has 0 aliphatic carbocycles. The molecule has 1 atom stereocenters. The highest BCUT2D eigenvalue weighted by Crippen LogP contribution is 2.28. The Morgan fingerprint density at radius 1 is 1.13 bits per heavy atom. The van der Waals surface area contributed by atoms with Crippen LogP contribution in [0, 0.1) is 0 Å². The van der Waals surface area contributed by atoms with Crippen molar-refractivity contribution in [2.24, 2.45) is 0 Å². The highest BCUT2D eigenvalue weighted by atomic mass is 35.5. The van der Waals surface area contributed by atoms with Gasteiger partial charge in [0.15, 0.2) is 11.0 Å². The zero-order valence-electron chi connectivity index (χ0n) is 17.4. The standard InChI is InChI=1S/C22H25ClN4O2S/c1-15(20(28)24-22(2,3)4)30-21-26-25-19(27(21)16-10-6-5-7-11-16)14-29-18-13-9-8-12-17(18)23/h5-13,15H,14H2,1-4H3,(H,24,28). The molecule has 1 aromatic heterocycles. The van der Waals surface area contributed by atoms with E-state index in [4.69, 9.17) is 16.3 Å².